The Morgan fingerprint density at radius 3 is 2.88 bits per heavy atom. The molecule has 2 nitrogen and oxygen atoms in total. The summed E-state index contributed by atoms with van der Waals surface area (Å²) in [6.07, 6.45) is 6.48. The van der Waals surface area contributed by atoms with Crippen LogP contribution < -0.4 is 5.32 Å². The zero-order chi connectivity index (χ0) is 11.8. The van der Waals surface area contributed by atoms with Gasteiger partial charge in [-0.25, -0.2) is 0 Å². The van der Waals surface area contributed by atoms with E-state index in [1.54, 1.807) is 0 Å². The minimum absolute atomic E-state index is 0.709. The molecule has 2 unspecified atom stereocenters. The van der Waals surface area contributed by atoms with Crippen LogP contribution in [-0.2, 0) is 4.74 Å². The van der Waals surface area contributed by atoms with Crippen LogP contribution in [0.4, 0.5) is 0 Å². The molecule has 0 bridgehead atoms. The van der Waals surface area contributed by atoms with E-state index >= 15 is 0 Å². The molecule has 0 amide bonds. The highest BCUT2D eigenvalue weighted by Crippen LogP contribution is 2.21. The van der Waals surface area contributed by atoms with Crippen LogP contribution in [0.1, 0.15) is 52.9 Å². The maximum atomic E-state index is 5.61. The van der Waals surface area contributed by atoms with Crippen LogP contribution in [0.15, 0.2) is 0 Å². The Kier molecular flexibility index (Phi) is 7.06. The third-order valence-corrected chi connectivity index (χ3v) is 3.49. The molecular formula is C14H29NO. The molecule has 1 aliphatic heterocycles. The van der Waals surface area contributed by atoms with Crippen molar-refractivity contribution >= 4 is 0 Å². The van der Waals surface area contributed by atoms with Gasteiger partial charge in [-0.2, -0.15) is 0 Å². The molecule has 1 aliphatic rings. The van der Waals surface area contributed by atoms with Crippen molar-refractivity contribution in [2.45, 2.75) is 58.9 Å². The predicted molar refractivity (Wildman–Crippen MR) is 69.7 cm³/mol. The molecule has 0 saturated carbocycles. The second kappa shape index (κ2) is 8.08. The van der Waals surface area contributed by atoms with Gasteiger partial charge in [-0.15, -0.1) is 0 Å². The van der Waals surface area contributed by atoms with Gasteiger partial charge in [0.1, 0.15) is 0 Å². The first-order valence-corrected chi connectivity index (χ1v) is 7.05. The molecule has 1 rings (SSSR count). The molecular weight excluding hydrogens is 198 g/mol. The van der Waals surface area contributed by atoms with Crippen molar-refractivity contribution in [1.82, 2.24) is 5.32 Å². The monoisotopic (exact) mass is 227 g/mol. The average Bonchev–Trinajstić information content (AvgIpc) is 2.27. The van der Waals surface area contributed by atoms with Gasteiger partial charge in [-0.05, 0) is 37.6 Å². The van der Waals surface area contributed by atoms with Gasteiger partial charge in [-0.3, -0.25) is 0 Å². The molecule has 1 fully saturated rings. The maximum absolute atomic E-state index is 5.61. The van der Waals surface area contributed by atoms with E-state index < -0.39 is 0 Å². The highest BCUT2D eigenvalue weighted by Gasteiger charge is 2.24. The smallest absolute Gasteiger partial charge is 0.0509 e. The third-order valence-electron chi connectivity index (χ3n) is 3.49. The van der Waals surface area contributed by atoms with Crippen LogP contribution in [0, 0.1) is 11.8 Å². The summed E-state index contributed by atoms with van der Waals surface area (Å²) >= 11 is 0. The van der Waals surface area contributed by atoms with Crippen molar-refractivity contribution in [2.24, 2.45) is 11.8 Å². The van der Waals surface area contributed by atoms with Crippen molar-refractivity contribution in [3.63, 3.8) is 0 Å². The second-order valence-electron chi connectivity index (χ2n) is 5.51. The summed E-state index contributed by atoms with van der Waals surface area (Å²) in [7, 11) is 0. The lowest BCUT2D eigenvalue weighted by molar-refractivity contribution is 0.0276. The van der Waals surface area contributed by atoms with Gasteiger partial charge in [0.25, 0.3) is 0 Å². The molecule has 0 radical (unpaired) electrons. The number of nitrogens with one attached hydrogen (secondary N) is 1. The number of hydrogen-bond acceptors (Lipinski definition) is 2. The van der Waals surface area contributed by atoms with Crippen molar-refractivity contribution < 1.29 is 4.74 Å². The Hall–Kier alpha value is -0.0800. The average molecular weight is 227 g/mol. The molecule has 1 N–H and O–H groups in total. The Morgan fingerprint density at radius 2 is 2.19 bits per heavy atom. The van der Waals surface area contributed by atoms with Crippen LogP contribution in [0.3, 0.4) is 0 Å². The molecule has 0 aromatic rings. The molecule has 96 valence electrons. The normalized spacial score (nSPS) is 26.2. The van der Waals surface area contributed by atoms with E-state index in [1.807, 2.05) is 0 Å². The van der Waals surface area contributed by atoms with Crippen LogP contribution >= 0.6 is 0 Å². The molecule has 0 spiro atoms. The predicted octanol–water partition coefficient (Wildman–Crippen LogP) is 3.22. The van der Waals surface area contributed by atoms with Gasteiger partial charge in [0.2, 0.25) is 0 Å². The van der Waals surface area contributed by atoms with E-state index in [1.165, 1.54) is 32.1 Å². The Bertz CT molecular complexity index is 170. The molecule has 1 heterocycles. The first kappa shape index (κ1) is 14.0. The van der Waals surface area contributed by atoms with Gasteiger partial charge in [0.05, 0.1) is 6.61 Å². The second-order valence-corrected chi connectivity index (χ2v) is 5.51. The van der Waals surface area contributed by atoms with Crippen molar-refractivity contribution in [3.8, 4) is 0 Å². The van der Waals surface area contributed by atoms with Gasteiger partial charge in [-0.1, -0.05) is 33.6 Å². The Labute approximate surface area is 101 Å². The topological polar surface area (TPSA) is 21.3 Å². The summed E-state index contributed by atoms with van der Waals surface area (Å²) in [5.74, 6) is 1.59. The summed E-state index contributed by atoms with van der Waals surface area (Å²) in [5.41, 5.74) is 0. The standard InChI is InChI=1S/C14H29NO/c1-4-9-15-14-8-10-16-11-13(14)7-5-6-12(2)3/h12-15H,4-11H2,1-3H3. The van der Waals surface area contributed by atoms with E-state index in [-0.39, 0.29) is 0 Å². The van der Waals surface area contributed by atoms with Crippen LogP contribution in [0.25, 0.3) is 0 Å². The highest BCUT2D eigenvalue weighted by molar-refractivity contribution is 4.79. The number of ether oxygens (including phenoxy) is 1. The summed E-state index contributed by atoms with van der Waals surface area (Å²) in [4.78, 5) is 0. The van der Waals surface area contributed by atoms with E-state index in [9.17, 15) is 0 Å². The SMILES string of the molecule is CCCNC1CCOCC1CCCC(C)C. The molecule has 2 atom stereocenters. The maximum Gasteiger partial charge on any atom is 0.0509 e. The van der Waals surface area contributed by atoms with Crippen LogP contribution in [-0.4, -0.2) is 25.8 Å². The first-order valence-electron chi connectivity index (χ1n) is 7.05. The quantitative estimate of drug-likeness (QED) is 0.721. The Balaban J connectivity index is 2.23. The number of rotatable bonds is 7. The van der Waals surface area contributed by atoms with E-state index in [0.29, 0.717) is 6.04 Å². The van der Waals surface area contributed by atoms with Gasteiger partial charge in [0.15, 0.2) is 0 Å². The van der Waals surface area contributed by atoms with Crippen molar-refractivity contribution in [2.75, 3.05) is 19.8 Å². The van der Waals surface area contributed by atoms with E-state index in [2.05, 4.69) is 26.1 Å². The molecule has 16 heavy (non-hydrogen) atoms. The Morgan fingerprint density at radius 1 is 1.38 bits per heavy atom. The molecule has 0 aromatic carbocycles. The molecule has 0 aliphatic carbocycles. The lowest BCUT2D eigenvalue weighted by atomic mass is 9.89. The van der Waals surface area contributed by atoms with E-state index in [0.717, 1.165) is 31.6 Å². The molecule has 1 saturated heterocycles. The zero-order valence-corrected chi connectivity index (χ0v) is 11.3. The first-order chi connectivity index (χ1) is 7.74. The molecule has 2 heteroatoms. The fourth-order valence-corrected chi connectivity index (χ4v) is 2.47. The fraction of sp³-hybridized carbons (Fsp3) is 1.00. The van der Waals surface area contributed by atoms with Crippen LogP contribution in [0.2, 0.25) is 0 Å². The van der Waals surface area contributed by atoms with Crippen LogP contribution in [0.5, 0.6) is 0 Å². The largest absolute Gasteiger partial charge is 0.381 e. The number of hydrogen-bond donors (Lipinski definition) is 1. The minimum atomic E-state index is 0.709. The zero-order valence-electron chi connectivity index (χ0n) is 11.3. The fourth-order valence-electron chi connectivity index (χ4n) is 2.47. The summed E-state index contributed by atoms with van der Waals surface area (Å²) in [6, 6.07) is 0.709. The summed E-state index contributed by atoms with van der Waals surface area (Å²) in [5, 5.41) is 3.68. The van der Waals surface area contributed by atoms with Crippen molar-refractivity contribution in [3.05, 3.63) is 0 Å². The molecule has 0 aromatic heterocycles. The van der Waals surface area contributed by atoms with E-state index in [4.69, 9.17) is 4.74 Å². The van der Waals surface area contributed by atoms with Gasteiger partial charge >= 0.3 is 0 Å². The lowest BCUT2D eigenvalue weighted by Crippen LogP contribution is -2.43. The lowest BCUT2D eigenvalue weighted by Gasteiger charge is -2.32. The highest BCUT2D eigenvalue weighted by atomic mass is 16.5. The minimum Gasteiger partial charge on any atom is -0.381 e. The summed E-state index contributed by atoms with van der Waals surface area (Å²) < 4.78 is 5.61. The van der Waals surface area contributed by atoms with Crippen molar-refractivity contribution in [1.29, 1.82) is 0 Å². The van der Waals surface area contributed by atoms with Gasteiger partial charge in [0, 0.05) is 12.6 Å². The third kappa shape index (κ3) is 5.31. The van der Waals surface area contributed by atoms with Gasteiger partial charge < -0.3 is 10.1 Å². The summed E-state index contributed by atoms with van der Waals surface area (Å²) in [6.45, 7) is 9.93.